The van der Waals surface area contributed by atoms with Crippen molar-refractivity contribution in [2.75, 3.05) is 19.7 Å². The molecule has 35 heavy (non-hydrogen) atoms. The molecule has 0 bridgehead atoms. The van der Waals surface area contributed by atoms with E-state index in [9.17, 15) is 18.0 Å². The molecule has 0 radical (unpaired) electrons. The minimum atomic E-state index is -3.81. The Kier molecular flexibility index (Phi) is 9.03. The molecular formula is C26H43N3O5S. The Morgan fingerprint density at radius 2 is 1.49 bits per heavy atom. The Bertz CT molecular complexity index is 1020. The van der Waals surface area contributed by atoms with E-state index in [0.29, 0.717) is 11.3 Å². The highest BCUT2D eigenvalue weighted by Gasteiger charge is 2.68. The molecule has 1 aliphatic rings. The summed E-state index contributed by atoms with van der Waals surface area (Å²) in [6, 6.07) is 3.45. The summed E-state index contributed by atoms with van der Waals surface area (Å²) < 4.78 is 34.6. The van der Waals surface area contributed by atoms with Gasteiger partial charge < -0.3 is 15.4 Å². The van der Waals surface area contributed by atoms with Crippen molar-refractivity contribution in [3.8, 4) is 0 Å². The summed E-state index contributed by atoms with van der Waals surface area (Å²) in [6.45, 7) is 18.0. The van der Waals surface area contributed by atoms with Gasteiger partial charge >= 0.3 is 12.0 Å². The number of hydrogen-bond acceptors (Lipinski definition) is 5. The molecule has 2 amide bonds. The molecule has 1 aliphatic carbocycles. The average molecular weight is 510 g/mol. The zero-order chi connectivity index (χ0) is 26.8. The van der Waals surface area contributed by atoms with Crippen LogP contribution in [-0.2, 0) is 19.6 Å². The van der Waals surface area contributed by atoms with Gasteiger partial charge in [0.15, 0.2) is 0 Å². The van der Waals surface area contributed by atoms with E-state index in [2.05, 4.69) is 29.2 Å². The fourth-order valence-corrected chi connectivity index (χ4v) is 6.08. The predicted octanol–water partition coefficient (Wildman–Crippen LogP) is 4.37. The number of urea groups is 1. The van der Waals surface area contributed by atoms with Gasteiger partial charge in [0.25, 0.3) is 0 Å². The second kappa shape index (κ2) is 10.9. The number of amides is 2. The molecule has 1 unspecified atom stereocenters. The summed E-state index contributed by atoms with van der Waals surface area (Å²) in [7, 11) is -3.81. The van der Waals surface area contributed by atoms with Crippen molar-refractivity contribution < 1.29 is 22.7 Å². The van der Waals surface area contributed by atoms with Crippen molar-refractivity contribution in [2.45, 2.75) is 96.9 Å². The minimum absolute atomic E-state index is 0.0204. The van der Waals surface area contributed by atoms with Crippen LogP contribution in [0.1, 0.15) is 103 Å². The number of benzene rings is 1. The second-order valence-corrected chi connectivity index (χ2v) is 12.7. The zero-order valence-electron chi connectivity index (χ0n) is 22.7. The van der Waals surface area contributed by atoms with Crippen LogP contribution in [-0.4, -0.2) is 45.7 Å². The molecule has 1 aromatic carbocycles. The first-order valence-electron chi connectivity index (χ1n) is 12.5. The average Bonchev–Trinajstić information content (AvgIpc) is 3.31. The Morgan fingerprint density at radius 3 is 1.89 bits per heavy atom. The molecule has 1 fully saturated rings. The van der Waals surface area contributed by atoms with Crippen molar-refractivity contribution in [1.82, 2.24) is 15.4 Å². The second-order valence-electron chi connectivity index (χ2n) is 11.0. The fourth-order valence-electron chi connectivity index (χ4n) is 4.36. The third kappa shape index (κ3) is 6.36. The monoisotopic (exact) mass is 509 g/mol. The number of nitrogens with one attached hydrogen (secondary N) is 3. The van der Waals surface area contributed by atoms with E-state index in [0.717, 1.165) is 16.7 Å². The quantitative estimate of drug-likeness (QED) is 0.303. The van der Waals surface area contributed by atoms with Crippen LogP contribution in [0.4, 0.5) is 4.79 Å². The van der Waals surface area contributed by atoms with Gasteiger partial charge in [-0.15, -0.1) is 0 Å². The van der Waals surface area contributed by atoms with Crippen molar-refractivity contribution >= 4 is 22.0 Å². The number of carbonyl (C=O) groups excluding carboxylic acids is 2. The van der Waals surface area contributed by atoms with Crippen LogP contribution < -0.4 is 15.4 Å². The molecule has 0 saturated heterocycles. The molecule has 8 nitrogen and oxygen atoms in total. The maximum atomic E-state index is 13.4. The van der Waals surface area contributed by atoms with E-state index in [-0.39, 0.29) is 37.5 Å². The number of sulfonamides is 1. The maximum Gasteiger partial charge on any atom is 0.332 e. The van der Waals surface area contributed by atoms with Crippen molar-refractivity contribution in [2.24, 2.45) is 5.41 Å². The molecule has 1 atom stereocenters. The predicted molar refractivity (Wildman–Crippen MR) is 138 cm³/mol. The van der Waals surface area contributed by atoms with Crippen LogP contribution in [0.15, 0.2) is 17.0 Å². The van der Waals surface area contributed by atoms with Crippen LogP contribution in [0, 0.1) is 5.41 Å². The Hall–Kier alpha value is -2.13. The summed E-state index contributed by atoms with van der Waals surface area (Å²) in [5.41, 5.74) is 1.26. The summed E-state index contributed by atoms with van der Waals surface area (Å²) in [6.07, 6.45) is 0.487. The van der Waals surface area contributed by atoms with Gasteiger partial charge in [-0.25, -0.2) is 22.7 Å². The number of carbonyl (C=O) groups is 2. The van der Waals surface area contributed by atoms with Crippen LogP contribution in [0.3, 0.4) is 0 Å². The normalized spacial score (nSPS) is 19.2. The number of hydrogen-bond donors (Lipinski definition) is 3. The molecule has 1 saturated carbocycles. The molecular weight excluding hydrogens is 466 g/mol. The van der Waals surface area contributed by atoms with Gasteiger partial charge in [0.1, 0.15) is 5.54 Å². The molecule has 3 N–H and O–H groups in total. The molecule has 0 spiro atoms. The Morgan fingerprint density at radius 1 is 0.971 bits per heavy atom. The highest BCUT2D eigenvalue weighted by Crippen LogP contribution is 2.56. The van der Waals surface area contributed by atoms with E-state index in [1.54, 1.807) is 6.92 Å². The highest BCUT2D eigenvalue weighted by molar-refractivity contribution is 7.89. The van der Waals surface area contributed by atoms with Gasteiger partial charge in [0.05, 0.1) is 11.5 Å². The van der Waals surface area contributed by atoms with Gasteiger partial charge in [-0.2, -0.15) is 0 Å². The fraction of sp³-hybridized carbons (Fsp3) is 0.692. The standard InChI is InChI=1S/C26H43N3O5S/c1-10-34-23(30)26(15-25(26,8)9)29-24(31)27-11-12-28-35(32,33)22-20(17(4)5)13-19(16(2)3)14-21(22)18(6)7/h13-14,16-18,28H,10-12,15H2,1-9H3,(H2,27,29,31). The molecule has 1 aromatic rings. The van der Waals surface area contributed by atoms with Crippen molar-refractivity contribution in [3.63, 3.8) is 0 Å². The first-order valence-corrected chi connectivity index (χ1v) is 14.0. The number of esters is 1. The lowest BCUT2D eigenvalue weighted by Crippen LogP contribution is -2.52. The van der Waals surface area contributed by atoms with E-state index in [1.807, 2.05) is 53.7 Å². The topological polar surface area (TPSA) is 114 Å². The van der Waals surface area contributed by atoms with E-state index >= 15 is 0 Å². The smallest absolute Gasteiger partial charge is 0.332 e. The zero-order valence-corrected chi connectivity index (χ0v) is 23.5. The SMILES string of the molecule is CCOC(=O)C1(NC(=O)NCCNS(=O)(=O)c2c(C(C)C)cc(C(C)C)cc2C(C)C)CC1(C)C. The Labute approximate surface area is 211 Å². The lowest BCUT2D eigenvalue weighted by molar-refractivity contribution is -0.147. The van der Waals surface area contributed by atoms with E-state index < -0.39 is 33.0 Å². The summed E-state index contributed by atoms with van der Waals surface area (Å²) >= 11 is 0. The first kappa shape index (κ1) is 29.1. The largest absolute Gasteiger partial charge is 0.464 e. The van der Waals surface area contributed by atoms with Crippen LogP contribution in [0.25, 0.3) is 0 Å². The third-order valence-electron chi connectivity index (χ3n) is 6.74. The van der Waals surface area contributed by atoms with Gasteiger partial charge in [-0.05, 0) is 47.8 Å². The summed E-state index contributed by atoms with van der Waals surface area (Å²) in [5.74, 6) is -0.106. The third-order valence-corrected chi connectivity index (χ3v) is 8.33. The van der Waals surface area contributed by atoms with Crippen LogP contribution in [0.2, 0.25) is 0 Å². The minimum Gasteiger partial charge on any atom is -0.464 e. The van der Waals surface area contributed by atoms with Crippen molar-refractivity contribution in [1.29, 1.82) is 0 Å². The van der Waals surface area contributed by atoms with Gasteiger partial charge in [0, 0.05) is 18.5 Å². The molecule has 9 heteroatoms. The van der Waals surface area contributed by atoms with Crippen LogP contribution >= 0.6 is 0 Å². The number of rotatable bonds is 11. The number of ether oxygens (including phenoxy) is 1. The van der Waals surface area contributed by atoms with Gasteiger partial charge in [0.2, 0.25) is 10.0 Å². The molecule has 198 valence electrons. The summed E-state index contributed by atoms with van der Waals surface area (Å²) in [5, 5.41) is 5.39. The van der Waals surface area contributed by atoms with Gasteiger partial charge in [-0.3, -0.25) is 0 Å². The first-order chi connectivity index (χ1) is 16.1. The Balaban J connectivity index is 2.11. The molecule has 2 rings (SSSR count). The van der Waals surface area contributed by atoms with Crippen molar-refractivity contribution in [3.05, 3.63) is 28.8 Å². The van der Waals surface area contributed by atoms with Gasteiger partial charge in [-0.1, -0.05) is 67.5 Å². The van der Waals surface area contributed by atoms with E-state index in [1.165, 1.54) is 0 Å². The maximum absolute atomic E-state index is 13.4. The lowest BCUT2D eigenvalue weighted by atomic mass is 9.89. The molecule has 0 aromatic heterocycles. The highest BCUT2D eigenvalue weighted by atomic mass is 32.2. The molecule has 0 aliphatic heterocycles. The van der Waals surface area contributed by atoms with Crippen LogP contribution in [0.5, 0.6) is 0 Å². The summed E-state index contributed by atoms with van der Waals surface area (Å²) in [4.78, 5) is 25.2. The molecule has 0 heterocycles. The van der Waals surface area contributed by atoms with E-state index in [4.69, 9.17) is 4.74 Å². The lowest BCUT2D eigenvalue weighted by Gasteiger charge is -2.23.